The van der Waals surface area contributed by atoms with E-state index in [4.69, 9.17) is 0 Å². The molecule has 153 valence electrons. The number of benzene rings is 4. The fourth-order valence-electron chi connectivity index (χ4n) is 3.03. The predicted octanol–water partition coefficient (Wildman–Crippen LogP) is 3.48. The van der Waals surface area contributed by atoms with E-state index in [1.807, 2.05) is 0 Å². The van der Waals surface area contributed by atoms with Crippen LogP contribution in [-0.4, -0.2) is 24.4 Å². The van der Waals surface area contributed by atoms with Crippen LogP contribution in [0.5, 0.6) is 0 Å². The number of carbonyl (C=O) groups is 1. The van der Waals surface area contributed by atoms with Crippen molar-refractivity contribution in [3.8, 4) is 0 Å². The summed E-state index contributed by atoms with van der Waals surface area (Å²) in [5, 5.41) is 9.67. The van der Waals surface area contributed by atoms with Gasteiger partial charge in [0.2, 0.25) is 0 Å². The molecule has 0 amide bonds. The van der Waals surface area contributed by atoms with Crippen LogP contribution in [0.3, 0.4) is 0 Å². The van der Waals surface area contributed by atoms with Crippen LogP contribution in [0.4, 0.5) is 5.69 Å². The van der Waals surface area contributed by atoms with Gasteiger partial charge < -0.3 is 17.4 Å². The molecule has 0 heterocycles. The number of rotatable bonds is 5. The average Bonchev–Trinajstić information content (AvgIpc) is 2.82. The van der Waals surface area contributed by atoms with E-state index in [-0.39, 0.29) is 5.69 Å². The Morgan fingerprint density at radius 1 is 0.645 bits per heavy atom. The third kappa shape index (κ3) is 6.34. The Morgan fingerprint density at radius 3 is 1.29 bits per heavy atom. The molecule has 0 aliphatic rings. The molecule has 0 unspecified atom stereocenters. The van der Waals surface area contributed by atoms with Crippen molar-refractivity contribution in [3.63, 3.8) is 0 Å². The standard InChI is InChI=1S/C18H15Ge.C7H5NO3S/c1-4-10-16(11-5-1)19(17-12-6-2-7-13-17)18-14-8-3-9-15-18;9-7(12)5-1-3-6(4-2-5)8(10)11/h1-15H;1-4H,(H,9,12)/p-1. The molecule has 1 radical (unpaired) electrons. The summed E-state index contributed by atoms with van der Waals surface area (Å²) in [4.78, 5) is 20.2. The van der Waals surface area contributed by atoms with Crippen LogP contribution in [-0.2, 0) is 12.6 Å². The van der Waals surface area contributed by atoms with Gasteiger partial charge in [0.05, 0.1) is 4.92 Å². The van der Waals surface area contributed by atoms with Crippen LogP contribution in [0.15, 0.2) is 115 Å². The Kier molecular flexibility index (Phi) is 8.09. The quantitative estimate of drug-likeness (QED) is 0.188. The fourth-order valence-corrected chi connectivity index (χ4v) is 8.58. The molecule has 0 saturated heterocycles. The molecule has 0 aliphatic heterocycles. The summed E-state index contributed by atoms with van der Waals surface area (Å²) < 4.78 is 4.50. The average molecular weight is 486 g/mol. The van der Waals surface area contributed by atoms with Crippen LogP contribution in [0.1, 0.15) is 10.4 Å². The molecule has 6 heteroatoms. The van der Waals surface area contributed by atoms with Gasteiger partial charge in [-0.15, -0.1) is 0 Å². The van der Waals surface area contributed by atoms with E-state index in [0.717, 1.165) is 0 Å². The predicted molar refractivity (Wildman–Crippen MR) is 129 cm³/mol. The van der Waals surface area contributed by atoms with Crippen molar-refractivity contribution < 1.29 is 9.72 Å². The number of carbonyl (C=O) groups excluding carboxylic acids is 1. The van der Waals surface area contributed by atoms with Gasteiger partial charge in [-0.05, 0) is 17.7 Å². The molecule has 0 aromatic heterocycles. The Hall–Kier alpha value is -3.29. The maximum absolute atomic E-state index is 10.6. The molecular weight excluding hydrogens is 467 g/mol. The van der Waals surface area contributed by atoms with Crippen molar-refractivity contribution in [2.75, 3.05) is 0 Å². The molecular formula is C25H19GeNO3S-. The Morgan fingerprint density at radius 2 is 1.00 bits per heavy atom. The van der Waals surface area contributed by atoms with Crippen molar-refractivity contribution in [2.24, 2.45) is 0 Å². The van der Waals surface area contributed by atoms with Gasteiger partial charge in [-0.25, -0.2) is 0 Å². The Labute approximate surface area is 191 Å². The van der Waals surface area contributed by atoms with Crippen LogP contribution in [0.2, 0.25) is 0 Å². The first-order valence-corrected chi connectivity index (χ1v) is 13.1. The first kappa shape index (κ1) is 22.4. The van der Waals surface area contributed by atoms with Crippen molar-refractivity contribution in [2.45, 2.75) is 0 Å². The monoisotopic (exact) mass is 487 g/mol. The van der Waals surface area contributed by atoms with Gasteiger partial charge in [0, 0.05) is 17.2 Å². The first-order valence-electron chi connectivity index (χ1n) is 9.55. The molecule has 0 spiro atoms. The van der Waals surface area contributed by atoms with E-state index in [0.29, 0.717) is 5.56 Å². The first-order chi connectivity index (χ1) is 15.1. The topological polar surface area (TPSA) is 60.2 Å². The SMILES string of the molecule is O=C([S-])c1ccc([N+](=O)[O-])cc1.c1cc[c]([Ge]([c]2ccccc2)[c]2ccccc2)cc1. The molecule has 4 rings (SSSR count). The molecule has 4 nitrogen and oxygen atoms in total. The van der Waals surface area contributed by atoms with Crippen molar-refractivity contribution >= 4 is 51.0 Å². The third-order valence-electron chi connectivity index (χ3n) is 4.50. The third-order valence-corrected chi connectivity index (χ3v) is 10.5. The second kappa shape index (κ2) is 11.2. The molecule has 0 bridgehead atoms. The second-order valence-corrected chi connectivity index (χ2v) is 12.1. The van der Waals surface area contributed by atoms with Crippen molar-refractivity contribution in [1.82, 2.24) is 0 Å². The van der Waals surface area contributed by atoms with Gasteiger partial charge in [-0.1, -0.05) is 0 Å². The molecule has 0 N–H and O–H groups in total. The minimum atomic E-state index is -1.63. The van der Waals surface area contributed by atoms with Crippen molar-refractivity contribution in [3.05, 3.63) is 131 Å². The Bertz CT molecular complexity index is 995. The van der Waals surface area contributed by atoms with Gasteiger partial charge in [-0.3, -0.25) is 10.1 Å². The summed E-state index contributed by atoms with van der Waals surface area (Å²) in [5.74, 6) is 0. The molecule has 31 heavy (non-hydrogen) atoms. The van der Waals surface area contributed by atoms with Crippen LogP contribution in [0, 0.1) is 10.1 Å². The van der Waals surface area contributed by atoms with E-state index >= 15 is 0 Å². The van der Waals surface area contributed by atoms with E-state index in [2.05, 4.69) is 104 Å². The van der Waals surface area contributed by atoms with E-state index in [1.165, 1.54) is 37.5 Å². The maximum atomic E-state index is 10.6. The van der Waals surface area contributed by atoms with Crippen LogP contribution in [0.25, 0.3) is 0 Å². The molecule has 4 aromatic rings. The Balaban J connectivity index is 0.000000196. The molecule has 0 saturated carbocycles. The fraction of sp³-hybridized carbons (Fsp3) is 0. The minimum absolute atomic E-state index is 0.0463. The van der Waals surface area contributed by atoms with Gasteiger partial charge in [0.25, 0.3) is 5.69 Å². The van der Waals surface area contributed by atoms with Gasteiger partial charge in [0.15, 0.2) is 0 Å². The van der Waals surface area contributed by atoms with Gasteiger partial charge >= 0.3 is 119 Å². The van der Waals surface area contributed by atoms with E-state index in [9.17, 15) is 14.9 Å². The summed E-state index contributed by atoms with van der Waals surface area (Å²) in [6.45, 7) is 0. The van der Waals surface area contributed by atoms with Crippen LogP contribution < -0.4 is 13.2 Å². The van der Waals surface area contributed by atoms with E-state index < -0.39 is 24.4 Å². The summed E-state index contributed by atoms with van der Waals surface area (Å²) in [7, 11) is 0. The number of nitro benzene ring substituents is 1. The summed E-state index contributed by atoms with van der Waals surface area (Å²) in [6, 6.07) is 38.0. The summed E-state index contributed by atoms with van der Waals surface area (Å²) >= 11 is 2.71. The zero-order valence-corrected chi connectivity index (χ0v) is 19.5. The number of nitrogens with zero attached hydrogens (tertiary/aromatic N) is 1. The van der Waals surface area contributed by atoms with Gasteiger partial charge in [-0.2, -0.15) is 0 Å². The molecule has 0 atom stereocenters. The van der Waals surface area contributed by atoms with E-state index in [1.54, 1.807) is 0 Å². The van der Waals surface area contributed by atoms with Crippen LogP contribution >= 0.6 is 0 Å². The van der Waals surface area contributed by atoms with Crippen molar-refractivity contribution in [1.29, 1.82) is 0 Å². The normalized spacial score (nSPS) is 10.1. The number of hydrogen-bond donors (Lipinski definition) is 0. The second-order valence-electron chi connectivity index (χ2n) is 6.56. The number of nitro groups is 1. The number of hydrogen-bond acceptors (Lipinski definition) is 4. The molecule has 0 aliphatic carbocycles. The summed E-state index contributed by atoms with van der Waals surface area (Å²) in [5.41, 5.74) is 0.255. The molecule has 0 fully saturated rings. The zero-order valence-electron chi connectivity index (χ0n) is 16.5. The van der Waals surface area contributed by atoms with Gasteiger partial charge in [0.1, 0.15) is 0 Å². The molecule has 4 aromatic carbocycles. The number of non-ortho nitro benzene ring substituents is 1. The zero-order chi connectivity index (χ0) is 22.1. The summed E-state index contributed by atoms with van der Waals surface area (Å²) in [6.07, 6.45) is 0.